The monoisotopic (exact) mass is 365 g/mol. The van der Waals surface area contributed by atoms with E-state index >= 15 is 0 Å². The molecule has 10 heteroatoms. The number of nitrogens with two attached hydrogens (primary N) is 1. The first kappa shape index (κ1) is 17.6. The Morgan fingerprint density at radius 1 is 1.35 bits per heavy atom. The van der Waals surface area contributed by atoms with E-state index in [2.05, 4.69) is 19.8 Å². The average molecular weight is 365 g/mol. The number of aromatic nitrogens is 4. The predicted octanol–water partition coefficient (Wildman–Crippen LogP) is 2.22. The smallest absolute Gasteiger partial charge is 0.422 e. The van der Waals surface area contributed by atoms with E-state index in [1.54, 1.807) is 29.9 Å². The fourth-order valence-corrected chi connectivity index (χ4v) is 2.47. The second kappa shape index (κ2) is 6.62. The molecular weight excluding hydrogens is 351 g/mol. The fourth-order valence-electron chi connectivity index (χ4n) is 2.47. The molecule has 3 heterocycles. The standard InChI is InChI=1S/C16H14F3N5O2/c1-9-4-10(5-22-15(9)26-8-16(17,18)19)6-24-7-11-12(23-24)2-3-21-13(11)14(20)25/h2-5,7H,6,8H2,1H3,(H2,20,25). The topological polar surface area (TPSA) is 95.9 Å². The first-order chi connectivity index (χ1) is 12.2. The van der Waals surface area contributed by atoms with Gasteiger partial charge in [-0.05, 0) is 24.6 Å². The van der Waals surface area contributed by atoms with Crippen LogP contribution in [0.3, 0.4) is 0 Å². The number of carbonyl (C=O) groups excluding carboxylic acids is 1. The molecule has 3 aromatic heterocycles. The van der Waals surface area contributed by atoms with Gasteiger partial charge >= 0.3 is 6.18 Å². The minimum Gasteiger partial charge on any atom is -0.468 e. The highest BCUT2D eigenvalue weighted by Gasteiger charge is 2.29. The van der Waals surface area contributed by atoms with Crippen LogP contribution in [0.1, 0.15) is 21.6 Å². The summed E-state index contributed by atoms with van der Waals surface area (Å²) in [5.74, 6) is -0.726. The van der Waals surface area contributed by atoms with Crippen molar-refractivity contribution in [3.63, 3.8) is 0 Å². The quantitative estimate of drug-likeness (QED) is 0.748. The summed E-state index contributed by atoms with van der Waals surface area (Å²) in [4.78, 5) is 19.3. The minimum absolute atomic E-state index is 0.0723. The number of rotatable bonds is 5. The van der Waals surface area contributed by atoms with E-state index in [0.717, 1.165) is 0 Å². The summed E-state index contributed by atoms with van der Waals surface area (Å²) < 4.78 is 42.9. The Balaban J connectivity index is 1.81. The number of halogens is 3. The number of fused-ring (bicyclic) bond motifs is 1. The first-order valence-electron chi connectivity index (χ1n) is 7.50. The molecule has 0 aliphatic heterocycles. The van der Waals surface area contributed by atoms with E-state index in [-0.39, 0.29) is 11.6 Å². The average Bonchev–Trinajstić information content (AvgIpc) is 2.95. The van der Waals surface area contributed by atoms with Crippen molar-refractivity contribution in [3.05, 3.63) is 47.5 Å². The lowest BCUT2D eigenvalue weighted by molar-refractivity contribution is -0.154. The summed E-state index contributed by atoms with van der Waals surface area (Å²) in [7, 11) is 0. The van der Waals surface area contributed by atoms with E-state index in [4.69, 9.17) is 5.73 Å². The van der Waals surface area contributed by atoms with Crippen molar-refractivity contribution in [1.82, 2.24) is 19.7 Å². The van der Waals surface area contributed by atoms with Gasteiger partial charge in [-0.25, -0.2) is 4.98 Å². The van der Waals surface area contributed by atoms with Crippen molar-refractivity contribution >= 4 is 16.8 Å². The van der Waals surface area contributed by atoms with Crippen molar-refractivity contribution in [1.29, 1.82) is 0 Å². The number of hydrogen-bond acceptors (Lipinski definition) is 5. The highest BCUT2D eigenvalue weighted by molar-refractivity contribution is 6.03. The van der Waals surface area contributed by atoms with Crippen LogP contribution in [0.2, 0.25) is 0 Å². The molecule has 0 aliphatic rings. The minimum atomic E-state index is -4.42. The lowest BCUT2D eigenvalue weighted by atomic mass is 10.2. The van der Waals surface area contributed by atoms with Gasteiger partial charge in [-0.3, -0.25) is 14.5 Å². The molecule has 1 amide bonds. The zero-order chi connectivity index (χ0) is 18.9. The number of hydrogen-bond donors (Lipinski definition) is 1. The number of ether oxygens (including phenoxy) is 1. The van der Waals surface area contributed by atoms with Crippen LogP contribution in [0.25, 0.3) is 10.9 Å². The van der Waals surface area contributed by atoms with E-state index in [9.17, 15) is 18.0 Å². The Labute approximate surface area is 145 Å². The highest BCUT2D eigenvalue weighted by Crippen LogP contribution is 2.21. The van der Waals surface area contributed by atoms with Crippen LogP contribution in [-0.4, -0.2) is 38.4 Å². The van der Waals surface area contributed by atoms with Crippen LogP contribution in [0.15, 0.2) is 30.7 Å². The molecule has 0 fully saturated rings. The molecular formula is C16H14F3N5O2. The van der Waals surface area contributed by atoms with Crippen LogP contribution in [0, 0.1) is 6.92 Å². The van der Waals surface area contributed by atoms with Gasteiger partial charge in [0.25, 0.3) is 5.91 Å². The maximum atomic E-state index is 12.2. The van der Waals surface area contributed by atoms with E-state index in [1.165, 1.54) is 12.4 Å². The van der Waals surface area contributed by atoms with Gasteiger partial charge in [0.15, 0.2) is 6.61 Å². The molecule has 0 radical (unpaired) electrons. The number of pyridine rings is 2. The Morgan fingerprint density at radius 2 is 2.12 bits per heavy atom. The third-order valence-electron chi connectivity index (χ3n) is 3.52. The molecule has 3 aromatic rings. The maximum absolute atomic E-state index is 12.2. The zero-order valence-corrected chi connectivity index (χ0v) is 13.6. The molecule has 0 saturated heterocycles. The molecule has 7 nitrogen and oxygen atoms in total. The SMILES string of the molecule is Cc1cc(Cn2cc3c(C(N)=O)nccc3n2)cnc1OCC(F)(F)F. The molecule has 0 aliphatic carbocycles. The van der Waals surface area contributed by atoms with Crippen molar-refractivity contribution < 1.29 is 22.7 Å². The summed E-state index contributed by atoms with van der Waals surface area (Å²) in [6.45, 7) is 0.519. The van der Waals surface area contributed by atoms with Crippen molar-refractivity contribution in [3.8, 4) is 5.88 Å². The van der Waals surface area contributed by atoms with Crippen molar-refractivity contribution in [2.75, 3.05) is 6.61 Å². The molecule has 0 spiro atoms. The van der Waals surface area contributed by atoms with Gasteiger partial charge in [0.1, 0.15) is 5.69 Å². The second-order valence-electron chi connectivity index (χ2n) is 5.65. The lowest BCUT2D eigenvalue weighted by Gasteiger charge is -2.11. The second-order valence-corrected chi connectivity index (χ2v) is 5.65. The first-order valence-corrected chi connectivity index (χ1v) is 7.50. The molecule has 0 unspecified atom stereocenters. The van der Waals surface area contributed by atoms with Gasteiger partial charge in [-0.2, -0.15) is 18.3 Å². The molecule has 2 N–H and O–H groups in total. The number of carbonyl (C=O) groups is 1. The Morgan fingerprint density at radius 3 is 2.77 bits per heavy atom. The summed E-state index contributed by atoms with van der Waals surface area (Å²) in [5, 5.41) is 4.86. The van der Waals surface area contributed by atoms with Gasteiger partial charge in [0, 0.05) is 24.2 Å². The van der Waals surface area contributed by atoms with Gasteiger partial charge in [0.2, 0.25) is 5.88 Å². The van der Waals surface area contributed by atoms with Crippen LogP contribution >= 0.6 is 0 Å². The number of primary amides is 1. The Hall–Kier alpha value is -3.17. The van der Waals surface area contributed by atoms with Gasteiger partial charge < -0.3 is 10.5 Å². The number of aryl methyl sites for hydroxylation is 1. The van der Waals surface area contributed by atoms with E-state index < -0.39 is 18.7 Å². The number of amides is 1. The van der Waals surface area contributed by atoms with Crippen LogP contribution < -0.4 is 10.5 Å². The van der Waals surface area contributed by atoms with Crippen LogP contribution in [0.5, 0.6) is 5.88 Å². The number of alkyl halides is 3. The Kier molecular flexibility index (Phi) is 4.49. The van der Waals surface area contributed by atoms with Crippen molar-refractivity contribution in [2.24, 2.45) is 5.73 Å². The van der Waals surface area contributed by atoms with Crippen molar-refractivity contribution in [2.45, 2.75) is 19.6 Å². The predicted molar refractivity (Wildman–Crippen MR) is 85.7 cm³/mol. The third kappa shape index (κ3) is 3.90. The van der Waals surface area contributed by atoms with Gasteiger partial charge in [-0.15, -0.1) is 0 Å². The normalized spacial score (nSPS) is 11.7. The molecule has 0 saturated carbocycles. The summed E-state index contributed by atoms with van der Waals surface area (Å²) in [6.07, 6.45) is 0.0660. The third-order valence-corrected chi connectivity index (χ3v) is 3.52. The molecule has 0 aromatic carbocycles. The van der Waals surface area contributed by atoms with Gasteiger partial charge in [0.05, 0.1) is 17.4 Å². The van der Waals surface area contributed by atoms with E-state index in [1.807, 2.05) is 0 Å². The zero-order valence-electron chi connectivity index (χ0n) is 13.6. The van der Waals surface area contributed by atoms with Crippen LogP contribution in [-0.2, 0) is 6.54 Å². The highest BCUT2D eigenvalue weighted by atomic mass is 19.4. The fraction of sp³-hybridized carbons (Fsp3) is 0.250. The number of nitrogens with zero attached hydrogens (tertiary/aromatic N) is 4. The van der Waals surface area contributed by atoms with E-state index in [0.29, 0.717) is 28.6 Å². The molecule has 136 valence electrons. The molecule has 0 bridgehead atoms. The lowest BCUT2D eigenvalue weighted by Crippen LogP contribution is -2.20. The summed E-state index contributed by atoms with van der Waals surface area (Å²) in [5.41, 5.74) is 7.16. The summed E-state index contributed by atoms with van der Waals surface area (Å²) in [6, 6.07) is 3.31. The summed E-state index contributed by atoms with van der Waals surface area (Å²) >= 11 is 0. The molecule has 0 atom stereocenters. The maximum Gasteiger partial charge on any atom is 0.422 e. The largest absolute Gasteiger partial charge is 0.468 e. The molecule has 26 heavy (non-hydrogen) atoms. The van der Waals surface area contributed by atoms with Crippen LogP contribution in [0.4, 0.5) is 13.2 Å². The molecule has 3 rings (SSSR count). The van der Waals surface area contributed by atoms with Gasteiger partial charge in [-0.1, -0.05) is 0 Å². The Bertz CT molecular complexity index is 968.